The van der Waals surface area contributed by atoms with E-state index in [-0.39, 0.29) is 12.8 Å². The summed E-state index contributed by atoms with van der Waals surface area (Å²) in [4.78, 5) is 48.3. The van der Waals surface area contributed by atoms with Crippen molar-refractivity contribution in [3.63, 3.8) is 0 Å². The highest BCUT2D eigenvalue weighted by Gasteiger charge is 2.33. The average Bonchev–Trinajstić information content (AvgIpc) is 2.69. The van der Waals surface area contributed by atoms with E-state index in [4.69, 9.17) is 14.6 Å². The van der Waals surface area contributed by atoms with Gasteiger partial charge in [0, 0.05) is 12.5 Å². The number of benzene rings is 1. The molecule has 0 aromatic heterocycles. The van der Waals surface area contributed by atoms with Gasteiger partial charge in [0.25, 0.3) is 0 Å². The third-order valence-electron chi connectivity index (χ3n) is 4.45. The molecule has 33 heavy (non-hydrogen) atoms. The van der Waals surface area contributed by atoms with Gasteiger partial charge in [-0.3, -0.25) is 9.59 Å². The van der Waals surface area contributed by atoms with Crippen LogP contribution in [-0.4, -0.2) is 64.0 Å². The van der Waals surface area contributed by atoms with Crippen molar-refractivity contribution >= 4 is 23.9 Å². The van der Waals surface area contributed by atoms with E-state index in [0.29, 0.717) is 6.42 Å². The van der Waals surface area contributed by atoms with Crippen molar-refractivity contribution in [2.45, 2.75) is 83.8 Å². The Balaban J connectivity index is 3.04. The quantitative estimate of drug-likeness (QED) is 0.360. The number of rotatable bonds is 11. The number of esters is 1. The van der Waals surface area contributed by atoms with Crippen molar-refractivity contribution in [3.05, 3.63) is 35.9 Å². The van der Waals surface area contributed by atoms with E-state index in [1.54, 1.807) is 20.8 Å². The molecule has 2 amide bonds. The van der Waals surface area contributed by atoms with Crippen molar-refractivity contribution in [2.75, 3.05) is 0 Å². The normalized spacial score (nSPS) is 14.8. The number of hydrogen-bond donors (Lipinski definition) is 4. The first kappa shape index (κ1) is 27.9. The van der Waals surface area contributed by atoms with Gasteiger partial charge in [-0.15, -0.1) is 0 Å². The van der Waals surface area contributed by atoms with Crippen LogP contribution in [-0.2, 0) is 30.3 Å². The van der Waals surface area contributed by atoms with Crippen molar-refractivity contribution in [1.29, 1.82) is 0 Å². The van der Waals surface area contributed by atoms with Crippen LogP contribution in [0, 0.1) is 0 Å². The maximum absolute atomic E-state index is 13.1. The Morgan fingerprint density at radius 3 is 2.15 bits per heavy atom. The molecule has 0 aliphatic carbocycles. The minimum Gasteiger partial charge on any atom is -0.481 e. The number of carbonyl (C=O) groups is 4. The van der Waals surface area contributed by atoms with Crippen molar-refractivity contribution in [1.82, 2.24) is 10.6 Å². The van der Waals surface area contributed by atoms with Gasteiger partial charge in [0.1, 0.15) is 23.9 Å². The lowest BCUT2D eigenvalue weighted by Gasteiger charge is -2.28. The summed E-state index contributed by atoms with van der Waals surface area (Å²) in [5.74, 6) is -2.65. The molecule has 1 rings (SSSR count). The number of carbonyl (C=O) groups excluding carboxylic acids is 3. The Bertz CT molecular complexity index is 804. The summed E-state index contributed by atoms with van der Waals surface area (Å²) in [6.45, 7) is 7.57. The third kappa shape index (κ3) is 11.3. The largest absolute Gasteiger partial charge is 0.481 e. The van der Waals surface area contributed by atoms with Crippen molar-refractivity contribution in [3.8, 4) is 0 Å². The summed E-state index contributed by atoms with van der Waals surface area (Å²) in [5.41, 5.74) is 0.0560. The molecule has 0 aliphatic heterocycles. The van der Waals surface area contributed by atoms with Gasteiger partial charge in [-0.2, -0.15) is 0 Å². The van der Waals surface area contributed by atoms with E-state index in [0.717, 1.165) is 5.56 Å². The number of aliphatic hydroxyl groups is 1. The molecule has 0 aliphatic rings. The van der Waals surface area contributed by atoms with E-state index in [9.17, 15) is 24.3 Å². The molecule has 4 atom stereocenters. The molecule has 4 N–H and O–H groups in total. The van der Waals surface area contributed by atoms with Gasteiger partial charge >= 0.3 is 18.0 Å². The highest BCUT2D eigenvalue weighted by atomic mass is 16.6. The molecule has 0 spiro atoms. The van der Waals surface area contributed by atoms with Crippen LogP contribution in [0.15, 0.2) is 30.3 Å². The number of aliphatic carboxylic acids is 1. The number of amides is 2. The zero-order chi connectivity index (χ0) is 25.2. The van der Waals surface area contributed by atoms with E-state index in [1.165, 1.54) is 13.8 Å². The maximum atomic E-state index is 13.1. The molecular weight excluding hydrogens is 432 g/mol. The number of hydrogen-bond acceptors (Lipinski definition) is 7. The Hall–Kier alpha value is -3.14. The molecule has 1 aromatic rings. The number of alkyl carbamates (subject to hydrolysis) is 1. The Morgan fingerprint density at radius 2 is 1.64 bits per heavy atom. The van der Waals surface area contributed by atoms with Crippen molar-refractivity contribution < 1.29 is 38.9 Å². The molecule has 184 valence electrons. The highest BCUT2D eigenvalue weighted by Crippen LogP contribution is 2.12. The smallest absolute Gasteiger partial charge is 0.408 e. The zero-order valence-corrected chi connectivity index (χ0v) is 19.7. The summed E-state index contributed by atoms with van der Waals surface area (Å²) in [7, 11) is 0. The van der Waals surface area contributed by atoms with Crippen LogP contribution < -0.4 is 10.6 Å². The second-order valence-corrected chi connectivity index (χ2v) is 8.77. The standard InChI is InChI=1S/C23H34N2O8/c1-14(26)21(30)32-15(2)19(25-22(31)33-23(3,4)5)20(29)24-17(11-12-18(27)28)13-16-9-7-6-8-10-16/h6-10,14-15,17,19,26H,11-13H2,1-5H3,(H,24,29)(H,25,31)(H,27,28)/t14-,15-,17?,19+/m1/s1. The predicted octanol–water partition coefficient (Wildman–Crippen LogP) is 1.78. The van der Waals surface area contributed by atoms with Crippen LogP contribution in [0.25, 0.3) is 0 Å². The van der Waals surface area contributed by atoms with Crippen LogP contribution in [0.3, 0.4) is 0 Å². The van der Waals surface area contributed by atoms with Gasteiger partial charge in [-0.1, -0.05) is 30.3 Å². The first-order chi connectivity index (χ1) is 15.3. The summed E-state index contributed by atoms with van der Waals surface area (Å²) >= 11 is 0. The Labute approximate surface area is 193 Å². The summed E-state index contributed by atoms with van der Waals surface area (Å²) in [5, 5.41) is 23.6. The number of aliphatic hydroxyl groups excluding tert-OH is 1. The molecule has 0 fully saturated rings. The minimum atomic E-state index is -1.42. The number of ether oxygens (including phenoxy) is 2. The van der Waals surface area contributed by atoms with Gasteiger partial charge in [0.05, 0.1) is 0 Å². The fourth-order valence-corrected chi connectivity index (χ4v) is 2.89. The Kier molecular flexibility index (Phi) is 10.8. The lowest BCUT2D eigenvalue weighted by atomic mass is 10.0. The molecule has 1 aromatic carbocycles. The first-order valence-electron chi connectivity index (χ1n) is 10.7. The molecule has 10 heteroatoms. The second kappa shape index (κ2) is 12.8. The van der Waals surface area contributed by atoms with E-state index < -0.39 is 53.8 Å². The summed E-state index contributed by atoms with van der Waals surface area (Å²) in [6.07, 6.45) is -3.12. The van der Waals surface area contributed by atoms with Crippen LogP contribution >= 0.6 is 0 Å². The highest BCUT2D eigenvalue weighted by molar-refractivity contribution is 5.87. The predicted molar refractivity (Wildman–Crippen MR) is 119 cm³/mol. The molecule has 0 radical (unpaired) electrons. The molecule has 0 saturated carbocycles. The van der Waals surface area contributed by atoms with E-state index in [2.05, 4.69) is 10.6 Å². The molecule has 10 nitrogen and oxygen atoms in total. The zero-order valence-electron chi connectivity index (χ0n) is 19.7. The number of carboxylic acid groups (broad SMARTS) is 1. The number of nitrogens with one attached hydrogen (secondary N) is 2. The van der Waals surface area contributed by atoms with Crippen LogP contribution in [0.2, 0.25) is 0 Å². The van der Waals surface area contributed by atoms with Gasteiger partial charge in [-0.25, -0.2) is 9.59 Å². The first-order valence-corrected chi connectivity index (χ1v) is 10.7. The Morgan fingerprint density at radius 1 is 1.03 bits per heavy atom. The molecule has 0 heterocycles. The van der Waals surface area contributed by atoms with Gasteiger partial charge < -0.3 is 30.3 Å². The molecule has 0 saturated heterocycles. The summed E-state index contributed by atoms with van der Waals surface area (Å²) in [6, 6.07) is 7.30. The van der Waals surface area contributed by atoms with Gasteiger partial charge in [0.15, 0.2) is 0 Å². The van der Waals surface area contributed by atoms with Gasteiger partial charge in [0.2, 0.25) is 5.91 Å². The van der Waals surface area contributed by atoms with E-state index in [1.807, 2.05) is 30.3 Å². The number of carboxylic acids is 1. The lowest BCUT2D eigenvalue weighted by molar-refractivity contribution is -0.159. The summed E-state index contributed by atoms with van der Waals surface area (Å²) < 4.78 is 10.3. The average molecular weight is 467 g/mol. The second-order valence-electron chi connectivity index (χ2n) is 8.77. The topological polar surface area (TPSA) is 151 Å². The minimum absolute atomic E-state index is 0.150. The molecular formula is C23H34N2O8. The van der Waals surface area contributed by atoms with Crippen LogP contribution in [0.4, 0.5) is 4.79 Å². The SMILES string of the molecule is C[C@@H](O)C(=O)O[C@H](C)[C@H](NC(=O)OC(C)(C)C)C(=O)NC(CCC(=O)O)Cc1ccccc1. The van der Waals surface area contributed by atoms with Crippen molar-refractivity contribution in [2.24, 2.45) is 0 Å². The maximum Gasteiger partial charge on any atom is 0.408 e. The fraction of sp³-hybridized carbons (Fsp3) is 0.565. The van der Waals surface area contributed by atoms with E-state index >= 15 is 0 Å². The molecule has 0 bridgehead atoms. The van der Waals surface area contributed by atoms with Crippen LogP contribution in [0.1, 0.15) is 53.0 Å². The molecule has 1 unspecified atom stereocenters. The lowest BCUT2D eigenvalue weighted by Crippen LogP contribution is -2.56. The monoisotopic (exact) mass is 466 g/mol. The van der Waals surface area contributed by atoms with Crippen LogP contribution in [0.5, 0.6) is 0 Å². The third-order valence-corrected chi connectivity index (χ3v) is 4.45. The fourth-order valence-electron chi connectivity index (χ4n) is 2.89. The van der Waals surface area contributed by atoms with Gasteiger partial charge in [-0.05, 0) is 53.0 Å².